The smallest absolute Gasteiger partial charge is 0.252 e. The number of nitrogens with zero attached hydrogens (tertiary/aromatic N) is 2. The number of benzene rings is 1. The Bertz CT molecular complexity index is 557. The minimum atomic E-state index is -0.0919. The van der Waals surface area contributed by atoms with Gasteiger partial charge in [-0.15, -0.1) is 0 Å². The van der Waals surface area contributed by atoms with Crippen LogP contribution in [0.15, 0.2) is 33.5 Å². The normalized spacial score (nSPS) is 10.4. The molecule has 0 fully saturated rings. The highest BCUT2D eigenvalue weighted by molar-refractivity contribution is 9.11. The average Bonchev–Trinajstić information content (AvgIpc) is 2.90. The summed E-state index contributed by atoms with van der Waals surface area (Å²) in [5.74, 6) is 0.739. The van der Waals surface area contributed by atoms with Gasteiger partial charge >= 0.3 is 0 Å². The number of halogens is 2. The van der Waals surface area contributed by atoms with E-state index < -0.39 is 0 Å². The number of aromatic amines is 1. The minimum Gasteiger partial charge on any atom is -0.352 e. The van der Waals surface area contributed by atoms with Crippen LogP contribution in [-0.4, -0.2) is 27.6 Å². The number of carbonyl (C=O) groups excluding carboxylic acids is 1. The number of rotatable bonds is 5. The van der Waals surface area contributed by atoms with Crippen molar-refractivity contribution >= 4 is 37.8 Å². The van der Waals surface area contributed by atoms with Crippen molar-refractivity contribution in [3.8, 4) is 0 Å². The van der Waals surface area contributed by atoms with Crippen LogP contribution in [0.1, 0.15) is 22.6 Å². The van der Waals surface area contributed by atoms with E-state index in [0.717, 1.165) is 27.6 Å². The topological polar surface area (TPSA) is 70.7 Å². The Morgan fingerprint density at radius 1 is 1.37 bits per heavy atom. The van der Waals surface area contributed by atoms with E-state index in [9.17, 15) is 4.79 Å². The first-order valence-electron chi connectivity index (χ1n) is 5.74. The molecule has 0 bridgehead atoms. The second kappa shape index (κ2) is 6.81. The SMILES string of the molecule is O=C(NCCCc1ncn[nH]1)c1cc(Br)ccc1Br. The minimum absolute atomic E-state index is 0.0919. The number of hydrogen-bond acceptors (Lipinski definition) is 3. The van der Waals surface area contributed by atoms with Gasteiger partial charge < -0.3 is 5.32 Å². The Labute approximate surface area is 127 Å². The van der Waals surface area contributed by atoms with Crippen molar-refractivity contribution in [2.75, 3.05) is 6.54 Å². The van der Waals surface area contributed by atoms with E-state index >= 15 is 0 Å². The molecule has 0 aliphatic heterocycles. The summed E-state index contributed by atoms with van der Waals surface area (Å²) in [6.45, 7) is 0.596. The second-order valence-corrected chi connectivity index (χ2v) is 5.69. The molecular weight excluding hydrogens is 376 g/mol. The molecule has 0 spiro atoms. The van der Waals surface area contributed by atoms with E-state index in [1.165, 1.54) is 6.33 Å². The first-order valence-corrected chi connectivity index (χ1v) is 7.33. The van der Waals surface area contributed by atoms with Gasteiger partial charge in [0, 0.05) is 21.9 Å². The lowest BCUT2D eigenvalue weighted by Gasteiger charge is -2.06. The third-order valence-corrected chi connectivity index (χ3v) is 3.70. The molecule has 0 aliphatic carbocycles. The Morgan fingerprint density at radius 2 is 2.21 bits per heavy atom. The van der Waals surface area contributed by atoms with Gasteiger partial charge in [0.15, 0.2) is 0 Å². The number of aryl methyl sites for hydroxylation is 1. The molecule has 0 atom stereocenters. The lowest BCUT2D eigenvalue weighted by molar-refractivity contribution is 0.0952. The van der Waals surface area contributed by atoms with Crippen LogP contribution in [0.5, 0.6) is 0 Å². The van der Waals surface area contributed by atoms with Crippen LogP contribution < -0.4 is 5.32 Å². The summed E-state index contributed by atoms with van der Waals surface area (Å²) < 4.78 is 1.66. The molecule has 100 valence electrons. The molecule has 1 aromatic carbocycles. The van der Waals surface area contributed by atoms with E-state index in [0.29, 0.717) is 12.1 Å². The van der Waals surface area contributed by atoms with E-state index in [2.05, 4.69) is 52.4 Å². The van der Waals surface area contributed by atoms with Crippen molar-refractivity contribution in [3.63, 3.8) is 0 Å². The third kappa shape index (κ3) is 4.14. The van der Waals surface area contributed by atoms with Crippen LogP contribution in [0.2, 0.25) is 0 Å². The quantitative estimate of drug-likeness (QED) is 0.775. The van der Waals surface area contributed by atoms with E-state index in [-0.39, 0.29) is 5.91 Å². The predicted molar refractivity (Wildman–Crippen MR) is 78.9 cm³/mol. The lowest BCUT2D eigenvalue weighted by atomic mass is 10.2. The first-order chi connectivity index (χ1) is 9.16. The highest BCUT2D eigenvalue weighted by Crippen LogP contribution is 2.21. The van der Waals surface area contributed by atoms with Gasteiger partial charge in [0.25, 0.3) is 5.91 Å². The van der Waals surface area contributed by atoms with Gasteiger partial charge in [0.1, 0.15) is 12.2 Å². The fourth-order valence-electron chi connectivity index (χ4n) is 1.58. The molecule has 2 rings (SSSR count). The number of hydrogen-bond donors (Lipinski definition) is 2. The van der Waals surface area contributed by atoms with Crippen LogP contribution in [0.4, 0.5) is 0 Å². The second-order valence-electron chi connectivity index (χ2n) is 3.92. The molecule has 2 N–H and O–H groups in total. The maximum absolute atomic E-state index is 12.0. The largest absolute Gasteiger partial charge is 0.352 e. The highest BCUT2D eigenvalue weighted by Gasteiger charge is 2.09. The van der Waals surface area contributed by atoms with Crippen LogP contribution in [0.25, 0.3) is 0 Å². The molecule has 0 radical (unpaired) electrons. The summed E-state index contributed by atoms with van der Waals surface area (Å²) in [5.41, 5.74) is 0.619. The van der Waals surface area contributed by atoms with Gasteiger partial charge in [0.2, 0.25) is 0 Å². The molecule has 1 amide bonds. The molecule has 0 saturated heterocycles. The van der Waals surface area contributed by atoms with Gasteiger partial charge in [-0.1, -0.05) is 15.9 Å². The summed E-state index contributed by atoms with van der Waals surface area (Å²) >= 11 is 6.72. The van der Waals surface area contributed by atoms with Crippen LogP contribution in [0, 0.1) is 0 Å². The molecule has 0 unspecified atom stereocenters. The van der Waals surface area contributed by atoms with Gasteiger partial charge in [-0.2, -0.15) is 5.10 Å². The van der Waals surface area contributed by atoms with Gasteiger partial charge in [-0.25, -0.2) is 4.98 Å². The zero-order valence-electron chi connectivity index (χ0n) is 9.99. The summed E-state index contributed by atoms with van der Waals surface area (Å²) in [5, 5.41) is 9.43. The van der Waals surface area contributed by atoms with E-state index in [1.807, 2.05) is 12.1 Å². The molecule has 0 aliphatic rings. The molecule has 2 aromatic rings. The predicted octanol–water partition coefficient (Wildman–Crippen LogP) is 2.69. The van der Waals surface area contributed by atoms with Crippen molar-refractivity contribution in [2.45, 2.75) is 12.8 Å². The van der Waals surface area contributed by atoms with Gasteiger partial charge in [-0.3, -0.25) is 9.89 Å². The molecule has 0 saturated carbocycles. The average molecular weight is 388 g/mol. The van der Waals surface area contributed by atoms with Crippen molar-refractivity contribution in [1.29, 1.82) is 0 Å². The Morgan fingerprint density at radius 3 is 2.95 bits per heavy atom. The van der Waals surface area contributed by atoms with Gasteiger partial charge in [-0.05, 0) is 40.5 Å². The number of nitrogens with one attached hydrogen (secondary N) is 2. The van der Waals surface area contributed by atoms with Crippen LogP contribution >= 0.6 is 31.9 Å². The van der Waals surface area contributed by atoms with Crippen molar-refractivity contribution in [1.82, 2.24) is 20.5 Å². The highest BCUT2D eigenvalue weighted by atomic mass is 79.9. The lowest BCUT2D eigenvalue weighted by Crippen LogP contribution is -2.25. The summed E-state index contributed by atoms with van der Waals surface area (Å²) in [4.78, 5) is 16.0. The maximum Gasteiger partial charge on any atom is 0.252 e. The fraction of sp³-hybridized carbons (Fsp3) is 0.250. The zero-order chi connectivity index (χ0) is 13.7. The summed E-state index contributed by atoms with van der Waals surface area (Å²) in [7, 11) is 0. The maximum atomic E-state index is 12.0. The number of H-pyrrole nitrogens is 1. The van der Waals surface area contributed by atoms with Crippen molar-refractivity contribution < 1.29 is 4.79 Å². The zero-order valence-corrected chi connectivity index (χ0v) is 13.2. The molecule has 1 aromatic heterocycles. The van der Waals surface area contributed by atoms with Crippen molar-refractivity contribution in [3.05, 3.63) is 44.9 Å². The molecule has 7 heteroatoms. The molecule has 19 heavy (non-hydrogen) atoms. The Kier molecular flexibility index (Phi) is 5.09. The fourth-order valence-corrected chi connectivity index (χ4v) is 2.36. The third-order valence-electron chi connectivity index (χ3n) is 2.51. The first kappa shape index (κ1) is 14.2. The number of amides is 1. The molecular formula is C12H12Br2N4O. The monoisotopic (exact) mass is 386 g/mol. The van der Waals surface area contributed by atoms with Crippen LogP contribution in [0.3, 0.4) is 0 Å². The van der Waals surface area contributed by atoms with Gasteiger partial charge in [0.05, 0.1) is 5.56 Å². The Hall–Kier alpha value is -1.21. The molecule has 5 nitrogen and oxygen atoms in total. The molecule has 1 heterocycles. The van der Waals surface area contributed by atoms with E-state index in [1.54, 1.807) is 6.07 Å². The summed E-state index contributed by atoms with van der Waals surface area (Å²) in [6.07, 6.45) is 3.05. The van der Waals surface area contributed by atoms with Crippen molar-refractivity contribution in [2.24, 2.45) is 0 Å². The standard InChI is InChI=1S/C12H12Br2N4O/c13-8-3-4-10(14)9(6-8)12(19)15-5-1-2-11-16-7-17-18-11/h3-4,6-7H,1-2,5H2,(H,15,19)(H,16,17,18). The number of aromatic nitrogens is 3. The Balaban J connectivity index is 1.82. The summed E-state index contributed by atoms with van der Waals surface area (Å²) in [6, 6.07) is 5.51. The van der Waals surface area contributed by atoms with E-state index in [4.69, 9.17) is 0 Å². The van der Waals surface area contributed by atoms with Crippen LogP contribution in [-0.2, 0) is 6.42 Å². The number of carbonyl (C=O) groups is 1.